The first-order valence-electron chi connectivity index (χ1n) is 13.3. The summed E-state index contributed by atoms with van der Waals surface area (Å²) in [4.78, 5) is 6.39. The Morgan fingerprint density at radius 3 is 1.52 bits per heavy atom. The highest BCUT2D eigenvalue weighted by molar-refractivity contribution is 4.96. The topological polar surface area (TPSA) is 12.5 Å². The van der Waals surface area contributed by atoms with Gasteiger partial charge in [0.2, 0.25) is 0 Å². The van der Waals surface area contributed by atoms with Crippen LogP contribution in [0.5, 0.6) is 0 Å². The minimum atomic E-state index is 0.148. The Balaban J connectivity index is 2.27. The molecule has 0 aliphatic carbocycles. The van der Waals surface area contributed by atoms with Gasteiger partial charge in [0.05, 0.1) is 6.61 Å². The molecule has 0 atom stereocenters. The number of rotatable bonds is 17. The first-order valence-corrected chi connectivity index (χ1v) is 13.3. The normalized spacial score (nSPS) is 19.7. The molecule has 1 rings (SSSR count). The summed E-state index contributed by atoms with van der Waals surface area (Å²) in [6.45, 7) is 15.1. The lowest BCUT2D eigenvalue weighted by Crippen LogP contribution is -2.60. The molecule has 0 saturated carbocycles. The zero-order chi connectivity index (χ0) is 21.6. The first-order chi connectivity index (χ1) is 13.8. The van der Waals surface area contributed by atoms with Crippen LogP contribution in [0.3, 0.4) is 0 Å². The molecule has 0 spiro atoms. The third-order valence-electron chi connectivity index (χ3n) is 6.86. The van der Waals surface area contributed by atoms with Crippen molar-refractivity contribution in [1.82, 2.24) is 5.06 Å². The van der Waals surface area contributed by atoms with Gasteiger partial charge in [-0.05, 0) is 52.9 Å². The van der Waals surface area contributed by atoms with E-state index in [0.29, 0.717) is 0 Å². The molecule has 174 valence electrons. The minimum absolute atomic E-state index is 0.148. The van der Waals surface area contributed by atoms with Crippen LogP contribution in [0.2, 0.25) is 0 Å². The number of nitrogens with zero attached hydrogens (tertiary/aromatic N) is 1. The molecule has 0 amide bonds. The molecule has 1 saturated heterocycles. The summed E-state index contributed by atoms with van der Waals surface area (Å²) in [5, 5.41) is 2.37. The van der Waals surface area contributed by atoms with Gasteiger partial charge in [0.15, 0.2) is 0 Å². The summed E-state index contributed by atoms with van der Waals surface area (Å²) < 4.78 is 0. The van der Waals surface area contributed by atoms with E-state index in [1.165, 1.54) is 109 Å². The van der Waals surface area contributed by atoms with Crippen molar-refractivity contribution in [3.8, 4) is 0 Å². The van der Waals surface area contributed by atoms with E-state index in [-0.39, 0.29) is 11.1 Å². The zero-order valence-corrected chi connectivity index (χ0v) is 21.2. The summed E-state index contributed by atoms with van der Waals surface area (Å²) in [5.41, 5.74) is 0.295. The molecule has 0 N–H and O–H groups in total. The van der Waals surface area contributed by atoms with E-state index < -0.39 is 0 Å². The monoisotopic (exact) mass is 409 g/mol. The molecule has 0 unspecified atom stereocenters. The number of hydroxylamine groups is 2. The van der Waals surface area contributed by atoms with E-state index in [0.717, 1.165) is 12.5 Å². The van der Waals surface area contributed by atoms with E-state index in [4.69, 9.17) is 4.84 Å². The SMILES string of the molecule is CCCCCCCCCCC1CC(C)(C)N(OCCCCCCCC)C(C)(C)C1. The van der Waals surface area contributed by atoms with Crippen LogP contribution >= 0.6 is 0 Å². The molecule has 1 heterocycles. The van der Waals surface area contributed by atoms with Crippen molar-refractivity contribution in [2.24, 2.45) is 5.92 Å². The fraction of sp³-hybridized carbons (Fsp3) is 1.00. The maximum absolute atomic E-state index is 6.39. The molecule has 1 fully saturated rings. The number of piperidine rings is 1. The molecule has 0 aromatic carbocycles. The van der Waals surface area contributed by atoms with Gasteiger partial charge in [-0.3, -0.25) is 4.84 Å². The van der Waals surface area contributed by atoms with Crippen molar-refractivity contribution < 1.29 is 4.84 Å². The fourth-order valence-corrected chi connectivity index (χ4v) is 5.63. The Kier molecular flexibility index (Phi) is 13.8. The lowest BCUT2D eigenvalue weighted by molar-refractivity contribution is -0.288. The van der Waals surface area contributed by atoms with Crippen LogP contribution in [-0.4, -0.2) is 22.7 Å². The summed E-state index contributed by atoms with van der Waals surface area (Å²) in [6, 6.07) is 0. The van der Waals surface area contributed by atoms with Crippen LogP contribution in [-0.2, 0) is 4.84 Å². The van der Waals surface area contributed by atoms with E-state index in [1.807, 2.05) is 0 Å². The average Bonchev–Trinajstić information content (AvgIpc) is 2.64. The van der Waals surface area contributed by atoms with Gasteiger partial charge < -0.3 is 0 Å². The highest BCUT2D eigenvalue weighted by Gasteiger charge is 2.46. The molecule has 1 aliphatic heterocycles. The third-order valence-corrected chi connectivity index (χ3v) is 6.86. The molecule has 0 bridgehead atoms. The second kappa shape index (κ2) is 14.8. The Morgan fingerprint density at radius 1 is 0.621 bits per heavy atom. The van der Waals surface area contributed by atoms with E-state index in [2.05, 4.69) is 46.6 Å². The Bertz CT molecular complexity index is 372. The fourth-order valence-electron chi connectivity index (χ4n) is 5.63. The molecular formula is C27H55NO. The van der Waals surface area contributed by atoms with Crippen molar-refractivity contribution >= 4 is 0 Å². The van der Waals surface area contributed by atoms with Crippen molar-refractivity contribution in [1.29, 1.82) is 0 Å². The van der Waals surface area contributed by atoms with Gasteiger partial charge in [-0.15, -0.1) is 0 Å². The molecule has 1 aliphatic rings. The molecule has 2 nitrogen and oxygen atoms in total. The summed E-state index contributed by atoms with van der Waals surface area (Å²) in [5.74, 6) is 0.856. The molecule has 29 heavy (non-hydrogen) atoms. The van der Waals surface area contributed by atoms with Crippen LogP contribution in [0.1, 0.15) is 151 Å². The second-order valence-electron chi connectivity index (χ2n) is 11.1. The predicted octanol–water partition coefficient (Wildman–Crippen LogP) is 9.08. The molecule has 0 radical (unpaired) electrons. The molecule has 0 aromatic heterocycles. The predicted molar refractivity (Wildman–Crippen MR) is 129 cm³/mol. The van der Waals surface area contributed by atoms with Crippen molar-refractivity contribution in [2.75, 3.05) is 6.61 Å². The van der Waals surface area contributed by atoms with E-state index in [9.17, 15) is 0 Å². The Morgan fingerprint density at radius 2 is 1.03 bits per heavy atom. The van der Waals surface area contributed by atoms with Gasteiger partial charge in [-0.1, -0.05) is 104 Å². The smallest absolute Gasteiger partial charge is 0.0685 e. The number of hydrogen-bond acceptors (Lipinski definition) is 2. The van der Waals surface area contributed by atoms with Crippen LogP contribution in [0.4, 0.5) is 0 Å². The molecule has 0 aromatic rings. The quantitative estimate of drug-likeness (QED) is 0.222. The van der Waals surface area contributed by atoms with Crippen molar-refractivity contribution in [2.45, 2.75) is 162 Å². The summed E-state index contributed by atoms with van der Waals surface area (Å²) in [6.07, 6.45) is 23.4. The average molecular weight is 410 g/mol. The highest BCUT2D eigenvalue weighted by Crippen LogP contribution is 2.43. The van der Waals surface area contributed by atoms with Gasteiger partial charge in [0.25, 0.3) is 0 Å². The highest BCUT2D eigenvalue weighted by atomic mass is 16.7. The summed E-state index contributed by atoms with van der Waals surface area (Å²) >= 11 is 0. The first kappa shape index (κ1) is 27.0. The number of hydrogen-bond donors (Lipinski definition) is 0. The standard InChI is InChI=1S/C27H55NO/c1-7-9-11-13-15-16-17-19-21-25-23-26(3,4)28(27(5,6)24-25)29-22-20-18-14-12-10-8-2/h25H,7-24H2,1-6H3. The van der Waals surface area contributed by atoms with Crippen LogP contribution < -0.4 is 0 Å². The second-order valence-corrected chi connectivity index (χ2v) is 11.1. The minimum Gasteiger partial charge on any atom is -0.298 e. The summed E-state index contributed by atoms with van der Waals surface area (Å²) in [7, 11) is 0. The van der Waals surface area contributed by atoms with E-state index >= 15 is 0 Å². The molecular weight excluding hydrogens is 354 g/mol. The largest absolute Gasteiger partial charge is 0.298 e. The Labute approximate surface area is 184 Å². The molecule has 2 heteroatoms. The van der Waals surface area contributed by atoms with Gasteiger partial charge in [0.1, 0.15) is 0 Å². The van der Waals surface area contributed by atoms with Crippen molar-refractivity contribution in [3.63, 3.8) is 0 Å². The van der Waals surface area contributed by atoms with Crippen molar-refractivity contribution in [3.05, 3.63) is 0 Å². The van der Waals surface area contributed by atoms with Gasteiger partial charge in [0, 0.05) is 11.1 Å². The number of unbranched alkanes of at least 4 members (excludes halogenated alkanes) is 12. The van der Waals surface area contributed by atoms with Gasteiger partial charge >= 0.3 is 0 Å². The van der Waals surface area contributed by atoms with Crippen LogP contribution in [0.25, 0.3) is 0 Å². The van der Waals surface area contributed by atoms with Crippen LogP contribution in [0.15, 0.2) is 0 Å². The maximum atomic E-state index is 6.39. The lowest BCUT2D eigenvalue weighted by Gasteiger charge is -2.54. The van der Waals surface area contributed by atoms with Crippen LogP contribution in [0, 0.1) is 5.92 Å². The van der Waals surface area contributed by atoms with Gasteiger partial charge in [-0.2, -0.15) is 5.06 Å². The van der Waals surface area contributed by atoms with Gasteiger partial charge in [-0.25, -0.2) is 0 Å². The van der Waals surface area contributed by atoms with E-state index in [1.54, 1.807) is 0 Å². The lowest BCUT2D eigenvalue weighted by atomic mass is 9.73. The maximum Gasteiger partial charge on any atom is 0.0685 e. The third kappa shape index (κ3) is 11.2. The Hall–Kier alpha value is -0.0800. The zero-order valence-electron chi connectivity index (χ0n) is 21.2.